The van der Waals surface area contributed by atoms with Crippen molar-refractivity contribution >= 4 is 37.6 Å². The van der Waals surface area contributed by atoms with Crippen LogP contribution in [0.15, 0.2) is 22.7 Å². The Kier molecular flexibility index (Phi) is 5.90. The Labute approximate surface area is 180 Å². The highest BCUT2D eigenvalue weighted by Gasteiger charge is 2.42. The lowest BCUT2D eigenvalue weighted by atomic mass is 10.1. The number of sulfone groups is 1. The quantitative estimate of drug-likeness (QED) is 0.580. The fourth-order valence-electron chi connectivity index (χ4n) is 3.52. The molecule has 9 nitrogen and oxygen atoms in total. The van der Waals surface area contributed by atoms with Crippen molar-refractivity contribution in [1.82, 2.24) is 15.1 Å². The summed E-state index contributed by atoms with van der Waals surface area (Å²) in [7, 11) is -3.40. The van der Waals surface area contributed by atoms with Crippen molar-refractivity contribution in [3.8, 4) is 0 Å². The zero-order valence-electron chi connectivity index (χ0n) is 16.9. The Morgan fingerprint density at radius 3 is 2.75 bits per heavy atom. The van der Waals surface area contributed by atoms with Gasteiger partial charge in [-0.15, -0.1) is 0 Å². The van der Waals surface area contributed by atoms with Crippen molar-refractivity contribution in [2.75, 3.05) is 38.4 Å². The lowest BCUT2D eigenvalue weighted by molar-refractivity contribution is -0.137. The number of hydrogen-bond acceptors (Lipinski definition) is 7. The number of fused-ring (bicyclic) bond motifs is 3. The number of aromatic nitrogens is 2. The topological polar surface area (TPSA) is 113 Å². The number of carbonyl (C=O) groups is 1. The van der Waals surface area contributed by atoms with Crippen LogP contribution in [0.1, 0.15) is 16.1 Å². The van der Waals surface area contributed by atoms with Crippen LogP contribution in [0.2, 0.25) is 0 Å². The van der Waals surface area contributed by atoms with Gasteiger partial charge >= 0.3 is 6.18 Å². The van der Waals surface area contributed by atoms with Crippen LogP contribution in [0.25, 0.3) is 21.9 Å². The molecule has 1 aromatic carbocycles. The smallest absolute Gasteiger partial charge is 0.421 e. The van der Waals surface area contributed by atoms with Gasteiger partial charge in [0.25, 0.3) is 5.91 Å². The van der Waals surface area contributed by atoms with E-state index in [1.54, 1.807) is 12.3 Å². The third kappa shape index (κ3) is 4.74. The Morgan fingerprint density at radius 1 is 1.31 bits per heavy atom. The molecule has 1 amide bonds. The van der Waals surface area contributed by atoms with Crippen LogP contribution in [0.5, 0.6) is 0 Å². The molecule has 1 fully saturated rings. The fraction of sp³-hybridized carbons (Fsp3) is 0.474. The van der Waals surface area contributed by atoms with E-state index in [0.29, 0.717) is 25.2 Å². The first kappa shape index (κ1) is 22.6. The Bertz CT molecular complexity index is 1260. The normalized spacial score (nSPS) is 17.8. The highest BCUT2D eigenvalue weighted by atomic mass is 32.2. The zero-order chi connectivity index (χ0) is 23.1. The molecule has 32 heavy (non-hydrogen) atoms. The summed E-state index contributed by atoms with van der Waals surface area (Å²) in [5, 5.41) is 6.56. The highest BCUT2D eigenvalue weighted by molar-refractivity contribution is 7.90. The average molecular weight is 475 g/mol. The van der Waals surface area contributed by atoms with Crippen molar-refractivity contribution in [1.29, 1.82) is 0 Å². The van der Waals surface area contributed by atoms with Gasteiger partial charge in [-0.05, 0) is 12.1 Å². The lowest BCUT2D eigenvalue weighted by Gasteiger charge is -2.22. The first-order chi connectivity index (χ1) is 15.0. The molecule has 0 aliphatic carbocycles. The molecule has 4 rings (SSSR count). The number of ether oxygens (including phenoxy) is 2. The summed E-state index contributed by atoms with van der Waals surface area (Å²) in [5.74, 6) is -2.51. The first-order valence-electron chi connectivity index (χ1n) is 9.68. The second-order valence-corrected chi connectivity index (χ2v) is 9.74. The molecule has 0 saturated carbocycles. The van der Waals surface area contributed by atoms with Crippen molar-refractivity contribution in [2.24, 2.45) is 0 Å². The van der Waals surface area contributed by atoms with Crippen molar-refractivity contribution in [3.63, 3.8) is 0 Å². The minimum absolute atomic E-state index is 0.0329. The number of benzene rings is 1. The molecule has 13 heteroatoms. The van der Waals surface area contributed by atoms with Gasteiger partial charge < -0.3 is 19.2 Å². The highest BCUT2D eigenvalue weighted by Crippen LogP contribution is 2.42. The van der Waals surface area contributed by atoms with E-state index in [1.165, 1.54) is 10.7 Å². The van der Waals surface area contributed by atoms with Crippen LogP contribution in [-0.2, 0) is 32.0 Å². The summed E-state index contributed by atoms with van der Waals surface area (Å²) in [4.78, 5) is 12.4. The van der Waals surface area contributed by atoms with Crippen LogP contribution in [-0.4, -0.2) is 68.6 Å². The molecule has 0 unspecified atom stereocenters. The number of halogens is 3. The predicted octanol–water partition coefficient (Wildman–Crippen LogP) is 1.99. The van der Waals surface area contributed by atoms with E-state index >= 15 is 0 Å². The monoisotopic (exact) mass is 475 g/mol. The number of hydrogen-bond donors (Lipinski definition) is 1. The van der Waals surface area contributed by atoms with Crippen LogP contribution >= 0.6 is 0 Å². The number of rotatable bonds is 6. The summed E-state index contributed by atoms with van der Waals surface area (Å²) in [6.45, 7) is 1.20. The van der Waals surface area contributed by atoms with Gasteiger partial charge in [0.05, 0.1) is 37.5 Å². The molecule has 174 valence electrons. The summed E-state index contributed by atoms with van der Waals surface area (Å²) in [6.07, 6.45) is -2.64. The third-order valence-electron chi connectivity index (χ3n) is 4.90. The summed E-state index contributed by atoms with van der Waals surface area (Å²) < 4.78 is 82.0. The number of alkyl halides is 3. The van der Waals surface area contributed by atoms with Crippen LogP contribution < -0.4 is 5.32 Å². The molecular weight excluding hydrogens is 455 g/mol. The molecule has 1 saturated heterocycles. The summed E-state index contributed by atoms with van der Waals surface area (Å²) in [6, 6.07) is 2.89. The second kappa shape index (κ2) is 8.37. The average Bonchev–Trinajstić information content (AvgIpc) is 3.28. The Hall–Kier alpha value is -2.64. The first-order valence-corrected chi connectivity index (χ1v) is 11.7. The second-order valence-electron chi connectivity index (χ2n) is 7.49. The maximum Gasteiger partial charge on any atom is 0.421 e. The molecule has 2 aromatic heterocycles. The van der Waals surface area contributed by atoms with Gasteiger partial charge in [-0.1, -0.05) is 0 Å². The maximum atomic E-state index is 14.0. The van der Waals surface area contributed by atoms with E-state index in [4.69, 9.17) is 13.9 Å². The van der Waals surface area contributed by atoms with Crippen molar-refractivity contribution < 1.29 is 40.3 Å². The molecule has 3 aromatic rings. The van der Waals surface area contributed by atoms with Gasteiger partial charge in [-0.3, -0.25) is 9.48 Å². The predicted molar refractivity (Wildman–Crippen MR) is 107 cm³/mol. The number of carbonyl (C=O) groups excluding carboxylic acids is 1. The molecule has 1 atom stereocenters. The van der Waals surface area contributed by atoms with E-state index in [-0.39, 0.29) is 35.7 Å². The van der Waals surface area contributed by atoms with Crippen LogP contribution in [0.3, 0.4) is 0 Å². The molecule has 1 aliphatic rings. The van der Waals surface area contributed by atoms with Gasteiger partial charge in [-0.25, -0.2) is 8.42 Å². The van der Waals surface area contributed by atoms with Crippen LogP contribution in [0, 0.1) is 0 Å². The zero-order valence-corrected chi connectivity index (χ0v) is 17.8. The molecule has 1 aliphatic heterocycles. The van der Waals surface area contributed by atoms with Crippen molar-refractivity contribution in [3.05, 3.63) is 29.7 Å². The number of amides is 1. The Morgan fingerprint density at radius 2 is 2.09 bits per heavy atom. The largest absolute Gasteiger partial charge is 0.450 e. The molecular formula is C19H20F3N3O6S. The third-order valence-corrected chi connectivity index (χ3v) is 5.85. The van der Waals surface area contributed by atoms with E-state index in [2.05, 4.69) is 10.4 Å². The Balaban J connectivity index is 1.73. The number of nitrogens with one attached hydrogen (secondary N) is 1. The summed E-state index contributed by atoms with van der Waals surface area (Å²) >= 11 is 0. The van der Waals surface area contributed by atoms with Crippen molar-refractivity contribution in [2.45, 2.75) is 18.8 Å². The van der Waals surface area contributed by atoms with Gasteiger partial charge in [0, 0.05) is 24.4 Å². The lowest BCUT2D eigenvalue weighted by Crippen LogP contribution is -2.32. The SMILES string of the molecule is CS(=O)(=O)CCNC(=O)c1oc2ccc3cn(C[C@H]4COCCO4)nc3c2c1C(F)(F)F. The van der Waals surface area contributed by atoms with Gasteiger partial charge in [-0.2, -0.15) is 18.3 Å². The molecule has 0 spiro atoms. The number of furan rings is 1. The number of nitrogens with zero attached hydrogens (tertiary/aromatic N) is 2. The summed E-state index contributed by atoms with van der Waals surface area (Å²) in [5.41, 5.74) is -1.37. The van der Waals surface area contributed by atoms with Gasteiger partial charge in [0.2, 0.25) is 5.76 Å². The van der Waals surface area contributed by atoms with E-state index in [1.807, 2.05) is 0 Å². The molecule has 1 N–H and O–H groups in total. The van der Waals surface area contributed by atoms with Crippen LogP contribution in [0.4, 0.5) is 13.2 Å². The molecule has 0 bridgehead atoms. The maximum absolute atomic E-state index is 14.0. The minimum atomic E-state index is -4.91. The van der Waals surface area contributed by atoms with E-state index in [0.717, 1.165) is 6.26 Å². The molecule has 3 heterocycles. The fourth-order valence-corrected chi connectivity index (χ4v) is 4.00. The minimum Gasteiger partial charge on any atom is -0.450 e. The standard InChI is InChI=1S/C19H20F3N3O6S/c1-32(27,28)7-4-23-18(26)17-15(19(20,21)22)14-13(31-17)3-2-11-8-25(24-16(11)14)9-12-10-29-5-6-30-12/h2-3,8,12H,4-7,9-10H2,1H3,(H,23,26)/t12-/m0/s1. The van der Waals surface area contributed by atoms with E-state index < -0.39 is 39.0 Å². The van der Waals surface area contributed by atoms with Gasteiger partial charge in [0.1, 0.15) is 32.6 Å². The van der Waals surface area contributed by atoms with E-state index in [9.17, 15) is 26.4 Å². The van der Waals surface area contributed by atoms with Gasteiger partial charge in [0.15, 0.2) is 0 Å². The molecule has 0 radical (unpaired) electrons.